The van der Waals surface area contributed by atoms with Crippen molar-refractivity contribution in [2.45, 2.75) is 72.8 Å². The van der Waals surface area contributed by atoms with E-state index in [-0.39, 0.29) is 36.3 Å². The van der Waals surface area contributed by atoms with Crippen LogP contribution < -0.4 is 19.1 Å². The molecule has 0 spiro atoms. The molecule has 0 aliphatic carbocycles. The lowest BCUT2D eigenvalue weighted by Gasteiger charge is -2.11. The van der Waals surface area contributed by atoms with Crippen LogP contribution >= 0.6 is 8.18 Å². The second kappa shape index (κ2) is 10.2. The molecule has 1 aromatic rings. The highest BCUT2D eigenvalue weighted by Crippen LogP contribution is 2.24. The Labute approximate surface area is 153 Å². The summed E-state index contributed by atoms with van der Waals surface area (Å²) >= 11 is 0. The summed E-state index contributed by atoms with van der Waals surface area (Å²) in [5, 5.41) is 2.48. The van der Waals surface area contributed by atoms with E-state index in [9.17, 15) is 9.36 Å². The van der Waals surface area contributed by atoms with Gasteiger partial charge >= 0.3 is 32.2 Å². The lowest BCUT2D eigenvalue weighted by atomic mass is 10.4. The Bertz CT molecular complexity index is 598. The highest BCUT2D eigenvalue weighted by molar-refractivity contribution is 7.37. The predicted molar refractivity (Wildman–Crippen MR) is 93.4 cm³/mol. The van der Waals surface area contributed by atoms with E-state index in [2.05, 4.69) is 20.0 Å². The zero-order valence-electron chi connectivity index (χ0n) is 16.0. The summed E-state index contributed by atoms with van der Waals surface area (Å²) in [5.41, 5.74) is 0. The van der Waals surface area contributed by atoms with Crippen LogP contribution in [0.3, 0.4) is 0 Å². The maximum absolute atomic E-state index is 12.1. The molecule has 0 bridgehead atoms. The molecule has 1 N–H and O–H groups in total. The van der Waals surface area contributed by atoms with Gasteiger partial charge in [-0.25, -0.2) is 0 Å². The number of hydrogen-bond acceptors (Lipinski definition) is 9. The number of carbonyl (C=O) groups is 1. The largest absolute Gasteiger partial charge is 0.667 e. The maximum Gasteiger partial charge on any atom is 0.667 e. The van der Waals surface area contributed by atoms with Gasteiger partial charge in [-0.2, -0.15) is 4.52 Å². The molecule has 1 aromatic heterocycles. The highest BCUT2D eigenvalue weighted by Gasteiger charge is 2.31. The third-order valence-electron chi connectivity index (χ3n) is 2.43. The van der Waals surface area contributed by atoms with Crippen LogP contribution in [0.15, 0.2) is 0 Å². The molecule has 1 rings (SSSR count). The minimum Gasteiger partial charge on any atom is -0.462 e. The average Bonchev–Trinajstić information content (AvgIpc) is 2.44. The Morgan fingerprint density at radius 3 is 1.73 bits per heavy atom. The first-order valence-corrected chi connectivity index (χ1v) is 9.45. The molecule has 0 aliphatic rings. The molecule has 2 unspecified atom stereocenters. The van der Waals surface area contributed by atoms with Crippen molar-refractivity contribution in [3.63, 3.8) is 0 Å². The third kappa shape index (κ3) is 8.35. The lowest BCUT2D eigenvalue weighted by molar-refractivity contribution is -0.148. The second-order valence-electron chi connectivity index (χ2n) is 6.20. The molecular formula is C15H26N4O6P+. The van der Waals surface area contributed by atoms with E-state index >= 15 is 0 Å². The van der Waals surface area contributed by atoms with Crippen molar-refractivity contribution < 1.29 is 28.1 Å². The summed E-state index contributed by atoms with van der Waals surface area (Å²) in [5.74, 6) is -0.546. The Balaban J connectivity index is 2.82. The van der Waals surface area contributed by atoms with Crippen LogP contribution in [-0.2, 0) is 14.1 Å². The SMILES string of the molecule is CC(C)OC(=O)C(C)N[P+](=O)Oc1nc(OC(C)C)nc(OC(C)C)n1. The molecule has 0 radical (unpaired) electrons. The topological polar surface area (TPSA) is 122 Å². The Morgan fingerprint density at radius 2 is 1.31 bits per heavy atom. The van der Waals surface area contributed by atoms with Crippen LogP contribution in [0.1, 0.15) is 48.5 Å². The van der Waals surface area contributed by atoms with Crippen LogP contribution in [0.2, 0.25) is 0 Å². The van der Waals surface area contributed by atoms with Gasteiger partial charge in [0.25, 0.3) is 0 Å². The van der Waals surface area contributed by atoms with E-state index in [0.717, 1.165) is 0 Å². The zero-order chi connectivity index (χ0) is 19.9. The molecule has 0 aromatic carbocycles. The first kappa shape index (κ1) is 22.0. The smallest absolute Gasteiger partial charge is 0.462 e. The monoisotopic (exact) mass is 389 g/mol. The summed E-state index contributed by atoms with van der Waals surface area (Å²) in [6.07, 6.45) is -0.648. The molecule has 0 fully saturated rings. The zero-order valence-corrected chi connectivity index (χ0v) is 16.9. The van der Waals surface area contributed by atoms with Gasteiger partial charge in [-0.15, -0.1) is 15.0 Å². The summed E-state index contributed by atoms with van der Waals surface area (Å²) in [6, 6.07) is -1.11. The first-order valence-electron chi connectivity index (χ1n) is 8.28. The molecule has 0 saturated heterocycles. The number of esters is 1. The minimum atomic E-state index is -2.48. The van der Waals surface area contributed by atoms with Crippen LogP contribution in [0, 0.1) is 0 Å². The van der Waals surface area contributed by atoms with Crippen LogP contribution in [0.4, 0.5) is 0 Å². The van der Waals surface area contributed by atoms with Crippen molar-refractivity contribution in [2.75, 3.05) is 0 Å². The number of nitrogens with one attached hydrogen (secondary N) is 1. The predicted octanol–water partition coefficient (Wildman–Crippen LogP) is 2.41. The lowest BCUT2D eigenvalue weighted by Crippen LogP contribution is -2.33. The first-order chi connectivity index (χ1) is 12.1. The van der Waals surface area contributed by atoms with Crippen molar-refractivity contribution >= 4 is 14.1 Å². The molecule has 0 amide bonds. The van der Waals surface area contributed by atoms with Gasteiger partial charge in [-0.3, -0.25) is 4.79 Å². The van der Waals surface area contributed by atoms with Crippen molar-refractivity contribution in [3.8, 4) is 18.0 Å². The van der Waals surface area contributed by atoms with Crippen molar-refractivity contribution in [1.29, 1.82) is 0 Å². The van der Waals surface area contributed by atoms with Gasteiger partial charge < -0.3 is 14.2 Å². The Kier molecular flexibility index (Phi) is 8.60. The number of aromatic nitrogens is 3. The fourth-order valence-electron chi connectivity index (χ4n) is 1.53. The molecule has 10 nitrogen and oxygen atoms in total. The van der Waals surface area contributed by atoms with Crippen molar-refractivity contribution in [3.05, 3.63) is 0 Å². The number of nitrogens with zero attached hydrogens (tertiary/aromatic N) is 3. The molecule has 1 heterocycles. The number of carbonyl (C=O) groups excluding carboxylic acids is 1. The molecule has 2 atom stereocenters. The highest BCUT2D eigenvalue weighted by atomic mass is 31.1. The van der Waals surface area contributed by atoms with Gasteiger partial charge in [0.15, 0.2) is 0 Å². The van der Waals surface area contributed by atoms with E-state index in [4.69, 9.17) is 18.7 Å². The number of rotatable bonds is 10. The quantitative estimate of drug-likeness (QED) is 0.471. The van der Waals surface area contributed by atoms with Crippen LogP contribution in [0.25, 0.3) is 0 Å². The van der Waals surface area contributed by atoms with Crippen LogP contribution in [0.5, 0.6) is 18.0 Å². The Morgan fingerprint density at radius 1 is 0.846 bits per heavy atom. The van der Waals surface area contributed by atoms with Gasteiger partial charge in [0, 0.05) is 4.57 Å². The van der Waals surface area contributed by atoms with Gasteiger partial charge in [0.2, 0.25) is 0 Å². The van der Waals surface area contributed by atoms with E-state index in [1.807, 2.05) is 0 Å². The van der Waals surface area contributed by atoms with Crippen LogP contribution in [-0.4, -0.2) is 45.3 Å². The van der Waals surface area contributed by atoms with E-state index in [1.54, 1.807) is 41.5 Å². The van der Waals surface area contributed by atoms with E-state index < -0.39 is 20.2 Å². The summed E-state index contributed by atoms with van der Waals surface area (Å²) in [6.45, 7) is 12.2. The maximum atomic E-state index is 12.1. The standard InChI is InChI=1S/C15H26N4O6P/c1-8(2)22-12(20)11(7)19-26(21)25-15-17-13(23-9(3)4)16-14(18-15)24-10(5)6/h8-11H,1-7H3,(H,19,21)/q+1. The summed E-state index contributed by atoms with van der Waals surface area (Å²) < 4.78 is 33.1. The molecular weight excluding hydrogens is 363 g/mol. The fraction of sp³-hybridized carbons (Fsp3) is 0.733. The van der Waals surface area contributed by atoms with E-state index in [1.165, 1.54) is 6.92 Å². The molecule has 0 saturated carbocycles. The molecule has 0 aliphatic heterocycles. The molecule has 26 heavy (non-hydrogen) atoms. The normalized spacial score (nSPS) is 12.9. The van der Waals surface area contributed by atoms with Gasteiger partial charge in [-0.05, 0) is 48.5 Å². The van der Waals surface area contributed by atoms with Gasteiger partial charge in [0.1, 0.15) is 6.04 Å². The molecule has 146 valence electrons. The van der Waals surface area contributed by atoms with E-state index in [0.29, 0.717) is 0 Å². The summed E-state index contributed by atoms with van der Waals surface area (Å²) in [4.78, 5) is 23.6. The number of ether oxygens (including phenoxy) is 3. The summed E-state index contributed by atoms with van der Waals surface area (Å²) in [7, 11) is -2.48. The van der Waals surface area contributed by atoms with Gasteiger partial charge in [-0.1, -0.05) is 5.09 Å². The molecule has 11 heteroatoms. The van der Waals surface area contributed by atoms with Crippen molar-refractivity contribution in [1.82, 2.24) is 20.0 Å². The van der Waals surface area contributed by atoms with Gasteiger partial charge in [0.05, 0.1) is 18.3 Å². The fourth-order valence-corrected chi connectivity index (χ4v) is 2.24. The van der Waals surface area contributed by atoms with Crippen molar-refractivity contribution in [2.24, 2.45) is 0 Å². The second-order valence-corrected chi connectivity index (χ2v) is 7.16. The third-order valence-corrected chi connectivity index (χ3v) is 3.35. The average molecular weight is 389 g/mol. The minimum absolute atomic E-state index is 0.0173. The number of hydrogen-bond donors (Lipinski definition) is 1. The Hall–Kier alpha value is -2.06.